The Bertz CT molecular complexity index is 594. The van der Waals surface area contributed by atoms with Gasteiger partial charge in [-0.05, 0) is 18.6 Å². The number of carboxylic acids is 1. The Morgan fingerprint density at radius 3 is 2.79 bits per heavy atom. The molecule has 0 saturated carbocycles. The van der Waals surface area contributed by atoms with Crippen LogP contribution in [0.4, 0.5) is 5.82 Å². The number of pyridine rings is 1. The number of aromatic carboxylic acids is 1. The molecule has 0 radical (unpaired) electrons. The number of aromatic nitrogens is 1. The maximum Gasteiger partial charge on any atom is 0.336 e. The van der Waals surface area contributed by atoms with Crippen molar-refractivity contribution in [3.8, 4) is 0 Å². The lowest BCUT2D eigenvalue weighted by atomic mass is 10.1. The number of carbonyl (C=O) groups is 1. The van der Waals surface area contributed by atoms with Gasteiger partial charge in [-0.25, -0.2) is 9.78 Å². The molecule has 5 nitrogen and oxygen atoms in total. The van der Waals surface area contributed by atoms with E-state index in [4.69, 9.17) is 5.11 Å². The fourth-order valence-corrected chi connectivity index (χ4v) is 1.98. The van der Waals surface area contributed by atoms with Crippen LogP contribution in [-0.4, -0.2) is 33.8 Å². The second-order valence-corrected chi connectivity index (χ2v) is 4.30. The minimum Gasteiger partial charge on any atom is -0.478 e. The molecule has 3 N–H and O–H groups in total. The van der Waals surface area contributed by atoms with Gasteiger partial charge >= 0.3 is 5.97 Å². The van der Waals surface area contributed by atoms with Crippen molar-refractivity contribution in [2.45, 2.75) is 19.4 Å². The van der Waals surface area contributed by atoms with E-state index in [-0.39, 0.29) is 18.2 Å². The first kappa shape index (κ1) is 13.3. The van der Waals surface area contributed by atoms with Gasteiger partial charge in [-0.3, -0.25) is 0 Å². The van der Waals surface area contributed by atoms with Crippen LogP contribution in [-0.2, 0) is 0 Å². The van der Waals surface area contributed by atoms with Crippen LogP contribution >= 0.6 is 0 Å². The average Bonchev–Trinajstić information content (AvgIpc) is 2.44. The highest BCUT2D eigenvalue weighted by molar-refractivity contribution is 6.06. The van der Waals surface area contributed by atoms with Crippen LogP contribution in [0.5, 0.6) is 0 Å². The highest BCUT2D eigenvalue weighted by Crippen LogP contribution is 2.24. The van der Waals surface area contributed by atoms with Crippen molar-refractivity contribution in [2.24, 2.45) is 0 Å². The summed E-state index contributed by atoms with van der Waals surface area (Å²) >= 11 is 0. The normalized spacial score (nSPS) is 12.3. The highest BCUT2D eigenvalue weighted by atomic mass is 16.4. The third-order valence-electron chi connectivity index (χ3n) is 3.09. The zero-order valence-corrected chi connectivity index (χ0v) is 10.6. The van der Waals surface area contributed by atoms with E-state index in [1.807, 2.05) is 13.0 Å². The van der Waals surface area contributed by atoms with Gasteiger partial charge in [0.2, 0.25) is 0 Å². The molecule has 0 fully saturated rings. The van der Waals surface area contributed by atoms with Crippen LogP contribution in [0.1, 0.15) is 23.7 Å². The molecule has 5 heteroatoms. The molecule has 0 amide bonds. The molecule has 1 unspecified atom stereocenters. The molecule has 0 aliphatic heterocycles. The molecular formula is C14H16N2O3. The zero-order valence-electron chi connectivity index (χ0n) is 10.6. The number of aliphatic hydroxyl groups is 1. The molecule has 0 aliphatic rings. The number of carboxylic acid groups (broad SMARTS) is 1. The summed E-state index contributed by atoms with van der Waals surface area (Å²) in [5.74, 6) is -0.363. The molecule has 19 heavy (non-hydrogen) atoms. The van der Waals surface area contributed by atoms with Gasteiger partial charge in [0.15, 0.2) is 0 Å². The van der Waals surface area contributed by atoms with Crippen LogP contribution in [0.3, 0.4) is 0 Å². The number of anilines is 1. The molecule has 1 atom stereocenters. The first-order valence-electron chi connectivity index (χ1n) is 6.15. The second kappa shape index (κ2) is 5.67. The van der Waals surface area contributed by atoms with E-state index in [0.717, 1.165) is 11.8 Å². The summed E-state index contributed by atoms with van der Waals surface area (Å²) in [5.41, 5.74) is 0.250. The smallest absolute Gasteiger partial charge is 0.336 e. The number of nitrogens with one attached hydrogen (secondary N) is 1. The van der Waals surface area contributed by atoms with Crippen LogP contribution in [0, 0.1) is 0 Å². The number of hydrogen-bond donors (Lipinski definition) is 3. The minimum absolute atomic E-state index is 0.00713. The Kier molecular flexibility index (Phi) is 3.97. The van der Waals surface area contributed by atoms with Crippen molar-refractivity contribution in [3.05, 3.63) is 36.0 Å². The molecule has 0 saturated heterocycles. The van der Waals surface area contributed by atoms with Gasteiger partial charge < -0.3 is 15.5 Å². The maximum atomic E-state index is 11.2. The quantitative estimate of drug-likeness (QED) is 0.767. The summed E-state index contributed by atoms with van der Waals surface area (Å²) in [6, 6.07) is 6.67. The average molecular weight is 260 g/mol. The molecule has 1 aromatic heterocycles. The monoisotopic (exact) mass is 260 g/mol. The molecule has 1 aromatic carbocycles. The Balaban J connectivity index is 2.51. The van der Waals surface area contributed by atoms with Crippen LogP contribution in [0.15, 0.2) is 30.5 Å². The van der Waals surface area contributed by atoms with Crippen molar-refractivity contribution in [1.82, 2.24) is 4.98 Å². The topological polar surface area (TPSA) is 82.5 Å². The Morgan fingerprint density at radius 1 is 1.37 bits per heavy atom. The maximum absolute atomic E-state index is 11.2. The predicted molar refractivity (Wildman–Crippen MR) is 73.5 cm³/mol. The number of aliphatic hydroxyl groups excluding tert-OH is 1. The van der Waals surface area contributed by atoms with Crippen molar-refractivity contribution in [3.63, 3.8) is 0 Å². The van der Waals surface area contributed by atoms with Gasteiger partial charge in [-0.2, -0.15) is 0 Å². The Labute approximate surface area is 110 Å². The van der Waals surface area contributed by atoms with Gasteiger partial charge in [-0.15, -0.1) is 0 Å². The molecule has 2 rings (SSSR count). The lowest BCUT2D eigenvalue weighted by molar-refractivity contribution is 0.0699. The summed E-state index contributed by atoms with van der Waals surface area (Å²) in [4.78, 5) is 15.4. The third kappa shape index (κ3) is 2.66. The molecule has 0 aliphatic carbocycles. The summed E-state index contributed by atoms with van der Waals surface area (Å²) < 4.78 is 0. The van der Waals surface area contributed by atoms with Crippen molar-refractivity contribution in [1.29, 1.82) is 0 Å². The third-order valence-corrected chi connectivity index (χ3v) is 3.09. The van der Waals surface area contributed by atoms with E-state index >= 15 is 0 Å². The van der Waals surface area contributed by atoms with E-state index in [1.165, 1.54) is 0 Å². The van der Waals surface area contributed by atoms with Crippen LogP contribution in [0.2, 0.25) is 0 Å². The molecule has 2 aromatic rings. The van der Waals surface area contributed by atoms with Gasteiger partial charge in [0.25, 0.3) is 0 Å². The standard InChI is InChI=1S/C14H16N2O3/c1-2-9(8-17)16-13-11-4-3-5-12(14(18)19)10(11)6-7-15-13/h3-7,9,17H,2,8H2,1H3,(H,15,16)(H,18,19). The molecular weight excluding hydrogens is 244 g/mol. The van der Waals surface area contributed by atoms with Gasteiger partial charge in [0.1, 0.15) is 5.82 Å². The molecule has 0 bridgehead atoms. The minimum atomic E-state index is -0.961. The second-order valence-electron chi connectivity index (χ2n) is 4.30. The van der Waals surface area contributed by atoms with Crippen molar-refractivity contribution in [2.75, 3.05) is 11.9 Å². The fourth-order valence-electron chi connectivity index (χ4n) is 1.98. The molecule has 1 heterocycles. The van der Waals surface area contributed by atoms with Gasteiger partial charge in [-0.1, -0.05) is 19.1 Å². The van der Waals surface area contributed by atoms with Gasteiger partial charge in [0.05, 0.1) is 18.2 Å². The fraction of sp³-hybridized carbons (Fsp3) is 0.286. The number of nitrogens with zero attached hydrogens (tertiary/aromatic N) is 1. The molecule has 0 spiro atoms. The lowest BCUT2D eigenvalue weighted by Crippen LogP contribution is -2.23. The summed E-state index contributed by atoms with van der Waals surface area (Å²) in [7, 11) is 0. The van der Waals surface area contributed by atoms with Crippen LogP contribution in [0.25, 0.3) is 10.8 Å². The van der Waals surface area contributed by atoms with Crippen molar-refractivity contribution < 1.29 is 15.0 Å². The SMILES string of the molecule is CCC(CO)Nc1nccc2c(C(=O)O)cccc12. The van der Waals surface area contributed by atoms with E-state index in [1.54, 1.807) is 24.4 Å². The van der Waals surface area contributed by atoms with E-state index in [9.17, 15) is 9.90 Å². The predicted octanol–water partition coefficient (Wildman–Crippen LogP) is 2.12. The number of rotatable bonds is 5. The zero-order chi connectivity index (χ0) is 13.8. The summed E-state index contributed by atoms with van der Waals surface area (Å²) in [6.45, 7) is 1.97. The highest BCUT2D eigenvalue weighted by Gasteiger charge is 2.12. The molecule has 100 valence electrons. The number of fused-ring (bicyclic) bond motifs is 1. The van der Waals surface area contributed by atoms with E-state index in [0.29, 0.717) is 11.2 Å². The largest absolute Gasteiger partial charge is 0.478 e. The van der Waals surface area contributed by atoms with E-state index < -0.39 is 5.97 Å². The Morgan fingerprint density at radius 2 is 2.16 bits per heavy atom. The first-order valence-corrected chi connectivity index (χ1v) is 6.15. The first-order chi connectivity index (χ1) is 9.17. The summed E-state index contributed by atoms with van der Waals surface area (Å²) in [5, 5.41) is 22.9. The lowest BCUT2D eigenvalue weighted by Gasteiger charge is -2.16. The van der Waals surface area contributed by atoms with Crippen LogP contribution < -0.4 is 5.32 Å². The number of benzene rings is 1. The summed E-state index contributed by atoms with van der Waals surface area (Å²) in [6.07, 6.45) is 2.33. The van der Waals surface area contributed by atoms with E-state index in [2.05, 4.69) is 10.3 Å². The van der Waals surface area contributed by atoms with Crippen molar-refractivity contribution >= 4 is 22.6 Å². The van der Waals surface area contributed by atoms with Gasteiger partial charge in [0, 0.05) is 17.0 Å². The number of hydrogen-bond acceptors (Lipinski definition) is 4. The Hall–Kier alpha value is -2.14.